The van der Waals surface area contributed by atoms with Crippen molar-refractivity contribution in [1.29, 1.82) is 0 Å². The second-order valence-electron chi connectivity index (χ2n) is 4.91. The van der Waals surface area contributed by atoms with Gasteiger partial charge in [0, 0.05) is 26.1 Å². The maximum Gasteiger partial charge on any atom is 0.229 e. The summed E-state index contributed by atoms with van der Waals surface area (Å²) in [5.41, 5.74) is 2.20. The lowest BCUT2D eigenvalue weighted by molar-refractivity contribution is -0.121. The minimum atomic E-state index is 0.0477. The van der Waals surface area contributed by atoms with E-state index in [0.717, 1.165) is 30.9 Å². The Hall–Kier alpha value is -1.51. The molecule has 0 atom stereocenters. The number of carbonyl (C=O) groups is 1. The van der Waals surface area contributed by atoms with Crippen LogP contribution in [-0.2, 0) is 4.79 Å². The molecule has 0 saturated heterocycles. The van der Waals surface area contributed by atoms with Gasteiger partial charge >= 0.3 is 0 Å². The van der Waals surface area contributed by atoms with Crippen LogP contribution in [0.3, 0.4) is 0 Å². The summed E-state index contributed by atoms with van der Waals surface area (Å²) in [6, 6.07) is 8.15. The number of rotatable bonds is 1. The van der Waals surface area contributed by atoms with Crippen LogP contribution in [-0.4, -0.2) is 26.0 Å². The Balaban J connectivity index is 2.42. The Morgan fingerprint density at radius 2 is 1.82 bits per heavy atom. The Bertz CT molecular complexity index is 414. The highest BCUT2D eigenvalue weighted by molar-refractivity contribution is 5.98. The van der Waals surface area contributed by atoms with Crippen LogP contribution in [0, 0.1) is 5.92 Å². The van der Waals surface area contributed by atoms with E-state index < -0.39 is 0 Å². The first-order valence-corrected chi connectivity index (χ1v) is 6.23. The van der Waals surface area contributed by atoms with Gasteiger partial charge in [-0.25, -0.2) is 0 Å². The van der Waals surface area contributed by atoms with Gasteiger partial charge in [0.2, 0.25) is 5.91 Å². The van der Waals surface area contributed by atoms with Crippen LogP contribution in [0.1, 0.15) is 20.3 Å². The lowest BCUT2D eigenvalue weighted by Crippen LogP contribution is -2.34. The molecule has 0 N–H and O–H groups in total. The first-order chi connectivity index (χ1) is 8.11. The van der Waals surface area contributed by atoms with Crippen molar-refractivity contribution in [2.45, 2.75) is 20.3 Å². The van der Waals surface area contributed by atoms with Gasteiger partial charge in [-0.1, -0.05) is 26.0 Å². The first-order valence-electron chi connectivity index (χ1n) is 6.23. The highest BCUT2D eigenvalue weighted by atomic mass is 16.2. The largest absolute Gasteiger partial charge is 0.373 e. The maximum atomic E-state index is 12.2. The number of fused-ring (bicyclic) bond motifs is 1. The molecule has 1 aromatic carbocycles. The Morgan fingerprint density at radius 1 is 1.18 bits per heavy atom. The second kappa shape index (κ2) is 4.78. The Kier molecular flexibility index (Phi) is 3.36. The predicted molar refractivity (Wildman–Crippen MR) is 71.5 cm³/mol. The van der Waals surface area contributed by atoms with Gasteiger partial charge in [0.05, 0.1) is 11.4 Å². The lowest BCUT2D eigenvalue weighted by atomic mass is 10.1. The molecule has 1 aliphatic rings. The van der Waals surface area contributed by atoms with Crippen LogP contribution in [0.25, 0.3) is 0 Å². The summed E-state index contributed by atoms with van der Waals surface area (Å²) in [5.74, 6) is 0.263. The van der Waals surface area contributed by atoms with Crippen LogP contribution < -0.4 is 9.80 Å². The highest BCUT2D eigenvalue weighted by Crippen LogP contribution is 2.31. The SMILES string of the molecule is CC(C)C(=O)N1CCCN(C)c2ccccc21. The summed E-state index contributed by atoms with van der Waals surface area (Å²) in [5, 5.41) is 0. The zero-order chi connectivity index (χ0) is 12.4. The average Bonchev–Trinajstić information content (AvgIpc) is 2.49. The molecule has 3 nitrogen and oxygen atoms in total. The van der Waals surface area contributed by atoms with Gasteiger partial charge in [-0.2, -0.15) is 0 Å². The molecule has 1 aromatic rings. The average molecular weight is 232 g/mol. The van der Waals surface area contributed by atoms with Crippen LogP contribution in [0.4, 0.5) is 11.4 Å². The van der Waals surface area contributed by atoms with Gasteiger partial charge in [0.1, 0.15) is 0 Å². The molecular formula is C14H20N2O. The third-order valence-electron chi connectivity index (χ3n) is 3.22. The molecule has 17 heavy (non-hydrogen) atoms. The zero-order valence-electron chi connectivity index (χ0n) is 10.8. The van der Waals surface area contributed by atoms with Crippen molar-refractivity contribution in [1.82, 2.24) is 0 Å². The van der Waals surface area contributed by atoms with E-state index in [0.29, 0.717) is 0 Å². The van der Waals surface area contributed by atoms with Crippen molar-refractivity contribution in [3.63, 3.8) is 0 Å². The monoisotopic (exact) mass is 232 g/mol. The molecule has 0 unspecified atom stereocenters. The number of anilines is 2. The molecule has 0 aliphatic carbocycles. The van der Waals surface area contributed by atoms with Crippen molar-refractivity contribution in [3.05, 3.63) is 24.3 Å². The number of carbonyl (C=O) groups excluding carboxylic acids is 1. The third kappa shape index (κ3) is 2.28. The van der Waals surface area contributed by atoms with Gasteiger partial charge in [-0.3, -0.25) is 4.79 Å². The third-order valence-corrected chi connectivity index (χ3v) is 3.22. The van der Waals surface area contributed by atoms with E-state index in [-0.39, 0.29) is 11.8 Å². The van der Waals surface area contributed by atoms with Gasteiger partial charge in [0.25, 0.3) is 0 Å². The maximum absolute atomic E-state index is 12.2. The molecule has 0 fully saturated rings. The summed E-state index contributed by atoms with van der Waals surface area (Å²) in [6.45, 7) is 5.73. The molecule has 2 rings (SSSR count). The smallest absolute Gasteiger partial charge is 0.229 e. The minimum absolute atomic E-state index is 0.0477. The van der Waals surface area contributed by atoms with Crippen LogP contribution in [0.5, 0.6) is 0 Å². The number of hydrogen-bond donors (Lipinski definition) is 0. The molecule has 0 bridgehead atoms. The molecule has 0 aromatic heterocycles. The van der Waals surface area contributed by atoms with E-state index in [9.17, 15) is 4.79 Å². The van der Waals surface area contributed by atoms with Crippen molar-refractivity contribution < 1.29 is 4.79 Å². The quantitative estimate of drug-likeness (QED) is 0.743. The van der Waals surface area contributed by atoms with E-state index in [2.05, 4.69) is 18.0 Å². The molecule has 92 valence electrons. The molecule has 0 spiro atoms. The lowest BCUT2D eigenvalue weighted by Gasteiger charge is -2.25. The number of benzene rings is 1. The molecular weight excluding hydrogens is 212 g/mol. The molecule has 0 radical (unpaired) electrons. The van der Waals surface area contributed by atoms with Crippen molar-refractivity contribution in [2.75, 3.05) is 29.9 Å². The highest BCUT2D eigenvalue weighted by Gasteiger charge is 2.24. The molecule has 1 amide bonds. The first kappa shape index (κ1) is 12.0. The number of amides is 1. The topological polar surface area (TPSA) is 23.6 Å². The zero-order valence-corrected chi connectivity index (χ0v) is 10.8. The van der Waals surface area contributed by atoms with Crippen LogP contribution >= 0.6 is 0 Å². The van der Waals surface area contributed by atoms with Crippen LogP contribution in [0.15, 0.2) is 24.3 Å². The van der Waals surface area contributed by atoms with Crippen LogP contribution in [0.2, 0.25) is 0 Å². The molecule has 3 heteroatoms. The van der Waals surface area contributed by atoms with Gasteiger partial charge in [0.15, 0.2) is 0 Å². The van der Waals surface area contributed by atoms with E-state index in [4.69, 9.17) is 0 Å². The van der Waals surface area contributed by atoms with Crippen molar-refractivity contribution >= 4 is 17.3 Å². The fourth-order valence-corrected chi connectivity index (χ4v) is 2.26. The van der Waals surface area contributed by atoms with E-state index in [1.165, 1.54) is 0 Å². The number of para-hydroxylation sites is 2. The summed E-state index contributed by atoms with van der Waals surface area (Å²) in [7, 11) is 2.09. The predicted octanol–water partition coefficient (Wildman–Crippen LogP) is 2.52. The van der Waals surface area contributed by atoms with E-state index in [1.807, 2.05) is 36.9 Å². The van der Waals surface area contributed by atoms with E-state index in [1.54, 1.807) is 0 Å². The fraction of sp³-hybridized carbons (Fsp3) is 0.500. The van der Waals surface area contributed by atoms with Gasteiger partial charge < -0.3 is 9.80 Å². The minimum Gasteiger partial charge on any atom is -0.373 e. The summed E-state index contributed by atoms with van der Waals surface area (Å²) in [6.07, 6.45) is 1.02. The molecule has 0 saturated carbocycles. The van der Waals surface area contributed by atoms with E-state index >= 15 is 0 Å². The fourth-order valence-electron chi connectivity index (χ4n) is 2.26. The summed E-state index contributed by atoms with van der Waals surface area (Å²) in [4.78, 5) is 16.4. The van der Waals surface area contributed by atoms with Crippen molar-refractivity contribution in [3.8, 4) is 0 Å². The Morgan fingerprint density at radius 3 is 2.47 bits per heavy atom. The summed E-state index contributed by atoms with van der Waals surface area (Å²) >= 11 is 0. The number of hydrogen-bond acceptors (Lipinski definition) is 2. The second-order valence-corrected chi connectivity index (χ2v) is 4.91. The van der Waals surface area contributed by atoms with Gasteiger partial charge in [-0.15, -0.1) is 0 Å². The standard InChI is InChI=1S/C14H20N2O/c1-11(2)14(17)16-10-6-9-15(3)12-7-4-5-8-13(12)16/h4-5,7-8,11H,6,9-10H2,1-3H3. The number of nitrogens with zero attached hydrogens (tertiary/aromatic N) is 2. The summed E-state index contributed by atoms with van der Waals surface area (Å²) < 4.78 is 0. The van der Waals surface area contributed by atoms with Crippen molar-refractivity contribution in [2.24, 2.45) is 5.92 Å². The molecule has 1 heterocycles. The molecule has 1 aliphatic heterocycles. The Labute approximate surface area is 103 Å². The normalized spacial score (nSPS) is 15.8. The van der Waals surface area contributed by atoms with Gasteiger partial charge in [-0.05, 0) is 18.6 Å².